The van der Waals surface area contributed by atoms with Crippen LogP contribution in [-0.4, -0.2) is 47.6 Å². The fourth-order valence-electron chi connectivity index (χ4n) is 5.02. The maximum absolute atomic E-state index is 13.2. The van der Waals surface area contributed by atoms with E-state index < -0.39 is 6.10 Å². The van der Waals surface area contributed by atoms with Crippen molar-refractivity contribution in [3.05, 3.63) is 99.5 Å². The second kappa shape index (κ2) is 14.1. The van der Waals surface area contributed by atoms with Crippen LogP contribution in [0.1, 0.15) is 66.6 Å². The van der Waals surface area contributed by atoms with Crippen LogP contribution in [0, 0.1) is 5.92 Å². The standard InChI is InChI=1S/C21H22Cl2N2O.C11H14O3/c22-16-4-1-3-15(11-16)19-9-10-25(13-14-7-8-14)20(19)21(26)24-18-6-2-5-17(23)12-18;1-3-14-11(13)10-6-4-9(5-7-10)8(2)12/h1-6,11-12,14,19-20H,7-10,13H2,(H,24,26);4-8,12H,3H2,1-2H3. The molecule has 1 saturated heterocycles. The Kier molecular flexibility index (Phi) is 10.6. The Hall–Kier alpha value is -2.90. The third kappa shape index (κ3) is 8.31. The SMILES string of the molecule is CCOC(=O)c1ccc(C(C)O)cc1.O=C(Nc1cccc(Cl)c1)C1C(c2cccc(Cl)c2)CCN1CC1CC1. The lowest BCUT2D eigenvalue weighted by atomic mass is 9.91. The molecule has 8 heteroatoms. The third-order valence-corrected chi connectivity index (χ3v) is 7.70. The molecule has 1 aliphatic carbocycles. The number of aliphatic hydroxyl groups is 1. The number of nitrogens with zero attached hydrogens (tertiary/aromatic N) is 1. The number of carbonyl (C=O) groups is 2. The molecule has 3 atom stereocenters. The Balaban J connectivity index is 0.000000224. The van der Waals surface area contributed by atoms with E-state index in [1.807, 2.05) is 30.3 Å². The fourth-order valence-corrected chi connectivity index (χ4v) is 5.41. The summed E-state index contributed by atoms with van der Waals surface area (Å²) in [6.07, 6.45) is 3.02. The van der Waals surface area contributed by atoms with E-state index in [9.17, 15) is 14.7 Å². The first kappa shape index (κ1) is 30.1. The minimum Gasteiger partial charge on any atom is -0.462 e. The lowest BCUT2D eigenvalue weighted by Crippen LogP contribution is -2.43. The number of hydrogen-bond donors (Lipinski definition) is 2. The number of carbonyl (C=O) groups excluding carboxylic acids is 2. The van der Waals surface area contributed by atoms with E-state index in [0.29, 0.717) is 17.2 Å². The van der Waals surface area contributed by atoms with Crippen LogP contribution in [0.5, 0.6) is 0 Å². The summed E-state index contributed by atoms with van der Waals surface area (Å²) in [5.74, 6) is 0.612. The van der Waals surface area contributed by atoms with Crippen LogP contribution in [0.4, 0.5) is 5.69 Å². The Morgan fingerprint density at radius 3 is 2.27 bits per heavy atom. The van der Waals surface area contributed by atoms with Crippen LogP contribution in [0.25, 0.3) is 0 Å². The highest BCUT2D eigenvalue weighted by molar-refractivity contribution is 6.31. The number of amides is 1. The van der Waals surface area contributed by atoms with Crippen molar-refractivity contribution in [3.63, 3.8) is 0 Å². The maximum Gasteiger partial charge on any atom is 0.338 e. The number of halogens is 2. The van der Waals surface area contributed by atoms with Gasteiger partial charge in [0.1, 0.15) is 0 Å². The molecular formula is C32H36Cl2N2O4. The van der Waals surface area contributed by atoms with E-state index in [1.54, 1.807) is 50.2 Å². The molecule has 2 N–H and O–H groups in total. The molecule has 3 unspecified atom stereocenters. The van der Waals surface area contributed by atoms with Gasteiger partial charge in [-0.3, -0.25) is 9.69 Å². The predicted molar refractivity (Wildman–Crippen MR) is 160 cm³/mol. The summed E-state index contributed by atoms with van der Waals surface area (Å²) in [5, 5.41) is 13.6. The van der Waals surface area contributed by atoms with Crippen LogP contribution < -0.4 is 5.32 Å². The second-order valence-corrected chi connectivity index (χ2v) is 11.2. The molecule has 3 aromatic carbocycles. The minimum absolute atomic E-state index is 0.0374. The molecule has 212 valence electrons. The van der Waals surface area contributed by atoms with Crippen LogP contribution >= 0.6 is 23.2 Å². The van der Waals surface area contributed by atoms with Gasteiger partial charge in [0.15, 0.2) is 0 Å². The lowest BCUT2D eigenvalue weighted by molar-refractivity contribution is -0.120. The van der Waals surface area contributed by atoms with Crippen LogP contribution in [0.2, 0.25) is 10.0 Å². The number of anilines is 1. The zero-order chi connectivity index (χ0) is 28.6. The molecule has 0 spiro atoms. The average Bonchev–Trinajstić information content (AvgIpc) is 3.65. The zero-order valence-electron chi connectivity index (χ0n) is 22.9. The summed E-state index contributed by atoms with van der Waals surface area (Å²) in [5.41, 5.74) is 3.18. The van der Waals surface area contributed by atoms with Crippen molar-refractivity contribution in [2.45, 2.75) is 51.2 Å². The Bertz CT molecular complexity index is 1290. The molecule has 40 heavy (non-hydrogen) atoms. The number of aliphatic hydroxyl groups excluding tert-OH is 1. The van der Waals surface area contributed by atoms with Crippen LogP contribution in [0.3, 0.4) is 0 Å². The van der Waals surface area contributed by atoms with E-state index in [0.717, 1.165) is 47.3 Å². The number of benzene rings is 3. The van der Waals surface area contributed by atoms with Gasteiger partial charge >= 0.3 is 5.97 Å². The topological polar surface area (TPSA) is 78.9 Å². The number of likely N-dealkylation sites (tertiary alicyclic amines) is 1. The van der Waals surface area contributed by atoms with Gasteiger partial charge < -0.3 is 15.2 Å². The van der Waals surface area contributed by atoms with Crippen LogP contribution in [-0.2, 0) is 9.53 Å². The number of hydrogen-bond acceptors (Lipinski definition) is 5. The number of nitrogens with one attached hydrogen (secondary N) is 1. The summed E-state index contributed by atoms with van der Waals surface area (Å²) < 4.78 is 4.83. The Labute approximate surface area is 246 Å². The van der Waals surface area contributed by atoms with Gasteiger partial charge in [-0.05, 0) is 99.2 Å². The normalized spacial score (nSPS) is 19.3. The largest absolute Gasteiger partial charge is 0.462 e. The minimum atomic E-state index is -0.508. The second-order valence-electron chi connectivity index (χ2n) is 10.4. The van der Waals surface area contributed by atoms with Crippen molar-refractivity contribution in [2.75, 3.05) is 25.0 Å². The summed E-state index contributed by atoms with van der Waals surface area (Å²) >= 11 is 12.3. The highest BCUT2D eigenvalue weighted by Crippen LogP contribution is 2.39. The summed E-state index contributed by atoms with van der Waals surface area (Å²) in [6.45, 7) is 5.77. The van der Waals surface area contributed by atoms with E-state index >= 15 is 0 Å². The van der Waals surface area contributed by atoms with Gasteiger partial charge in [-0.2, -0.15) is 0 Å². The predicted octanol–water partition coefficient (Wildman–Crippen LogP) is 7.12. The fraction of sp³-hybridized carbons (Fsp3) is 0.375. The van der Waals surface area contributed by atoms with Crippen molar-refractivity contribution in [1.29, 1.82) is 0 Å². The first-order valence-corrected chi connectivity index (χ1v) is 14.5. The Morgan fingerprint density at radius 2 is 1.68 bits per heavy atom. The molecule has 0 aromatic heterocycles. The van der Waals surface area contributed by atoms with Crippen LogP contribution in [0.15, 0.2) is 72.8 Å². The molecule has 0 bridgehead atoms. The summed E-state index contributed by atoms with van der Waals surface area (Å²) in [4.78, 5) is 26.8. The highest BCUT2D eigenvalue weighted by atomic mass is 35.5. The van der Waals surface area contributed by atoms with Gasteiger partial charge in [0, 0.05) is 28.2 Å². The highest BCUT2D eigenvalue weighted by Gasteiger charge is 2.42. The molecular weight excluding hydrogens is 547 g/mol. The summed E-state index contributed by atoms with van der Waals surface area (Å²) in [7, 11) is 0. The first-order valence-electron chi connectivity index (χ1n) is 13.8. The molecule has 0 radical (unpaired) electrons. The number of ether oxygens (including phenoxy) is 1. The zero-order valence-corrected chi connectivity index (χ0v) is 24.4. The van der Waals surface area contributed by atoms with Gasteiger partial charge in [-0.1, -0.05) is 53.5 Å². The van der Waals surface area contributed by atoms with E-state index in [2.05, 4.69) is 16.3 Å². The number of rotatable bonds is 8. The molecule has 6 nitrogen and oxygen atoms in total. The van der Waals surface area contributed by atoms with Crippen molar-refractivity contribution in [3.8, 4) is 0 Å². The quantitative estimate of drug-likeness (QED) is 0.276. The molecule has 1 aliphatic heterocycles. The maximum atomic E-state index is 13.2. The van der Waals surface area contributed by atoms with E-state index in [-0.39, 0.29) is 23.8 Å². The smallest absolute Gasteiger partial charge is 0.338 e. The van der Waals surface area contributed by atoms with E-state index in [1.165, 1.54) is 12.8 Å². The van der Waals surface area contributed by atoms with Crippen molar-refractivity contribution in [2.24, 2.45) is 5.92 Å². The van der Waals surface area contributed by atoms with Gasteiger partial charge in [0.2, 0.25) is 5.91 Å². The molecule has 2 aliphatic rings. The Morgan fingerprint density at radius 1 is 1.00 bits per heavy atom. The molecule has 3 aromatic rings. The van der Waals surface area contributed by atoms with Crippen molar-refractivity contribution in [1.82, 2.24) is 4.90 Å². The summed E-state index contributed by atoms with van der Waals surface area (Å²) in [6, 6.07) is 21.8. The molecule has 1 amide bonds. The number of esters is 1. The molecule has 1 saturated carbocycles. The van der Waals surface area contributed by atoms with Crippen molar-refractivity contribution >= 4 is 40.8 Å². The first-order chi connectivity index (χ1) is 19.2. The van der Waals surface area contributed by atoms with Gasteiger partial charge in [-0.15, -0.1) is 0 Å². The molecule has 5 rings (SSSR count). The van der Waals surface area contributed by atoms with Gasteiger partial charge in [0.25, 0.3) is 0 Å². The van der Waals surface area contributed by atoms with Gasteiger partial charge in [0.05, 0.1) is 24.3 Å². The average molecular weight is 584 g/mol. The monoisotopic (exact) mass is 582 g/mol. The lowest BCUT2D eigenvalue weighted by Gasteiger charge is -2.27. The van der Waals surface area contributed by atoms with Crippen molar-refractivity contribution < 1.29 is 19.4 Å². The van der Waals surface area contributed by atoms with Gasteiger partial charge in [-0.25, -0.2) is 4.79 Å². The molecule has 1 heterocycles. The molecule has 2 fully saturated rings. The van der Waals surface area contributed by atoms with E-state index in [4.69, 9.17) is 27.9 Å². The third-order valence-electron chi connectivity index (χ3n) is 7.23.